The van der Waals surface area contributed by atoms with Crippen molar-refractivity contribution < 1.29 is 27.9 Å². The standard InChI is InChI=1S/C19H23N5O.C2HF3O2/c25-19(20-16-4-2-1-3-5-16)18-22-21-17-8-14-10-23(9-13-6-7-13)11-15(14)12-24(17)18;3-2(4,5)1(6)7/h1-5,13-15H,6-12H2,(H,20,25);(H,6,7). The van der Waals surface area contributed by atoms with E-state index < -0.39 is 12.1 Å². The minimum Gasteiger partial charge on any atom is -0.475 e. The van der Waals surface area contributed by atoms with Gasteiger partial charge in [-0.1, -0.05) is 18.2 Å². The molecule has 1 aromatic carbocycles. The smallest absolute Gasteiger partial charge is 0.475 e. The van der Waals surface area contributed by atoms with Gasteiger partial charge >= 0.3 is 12.1 Å². The molecule has 2 aromatic rings. The van der Waals surface area contributed by atoms with Crippen molar-refractivity contribution in [3.05, 3.63) is 42.0 Å². The number of nitrogens with zero attached hydrogens (tertiary/aromatic N) is 4. The van der Waals surface area contributed by atoms with E-state index in [2.05, 4.69) is 20.4 Å². The molecule has 8 nitrogen and oxygen atoms in total. The summed E-state index contributed by atoms with van der Waals surface area (Å²) in [6.45, 7) is 4.46. The van der Waals surface area contributed by atoms with E-state index in [9.17, 15) is 18.0 Å². The lowest BCUT2D eigenvalue weighted by Crippen LogP contribution is -2.31. The molecule has 2 unspecified atom stereocenters. The molecule has 2 N–H and O–H groups in total. The van der Waals surface area contributed by atoms with Gasteiger partial charge in [-0.25, -0.2) is 4.79 Å². The van der Waals surface area contributed by atoms with Crippen molar-refractivity contribution in [2.75, 3.05) is 25.0 Å². The molecule has 3 aliphatic rings. The van der Waals surface area contributed by atoms with Crippen LogP contribution in [0.25, 0.3) is 0 Å². The molecular formula is C21H24F3N5O3. The second kappa shape index (κ2) is 8.89. The summed E-state index contributed by atoms with van der Waals surface area (Å²) in [5, 5.41) is 18.5. The van der Waals surface area contributed by atoms with E-state index in [1.807, 2.05) is 34.9 Å². The number of aromatic nitrogens is 3. The number of alkyl halides is 3. The Morgan fingerprint density at radius 1 is 1.06 bits per heavy atom. The zero-order valence-electron chi connectivity index (χ0n) is 17.3. The average Bonchev–Trinajstić information content (AvgIpc) is 3.31. The molecule has 5 rings (SSSR count). The summed E-state index contributed by atoms with van der Waals surface area (Å²) in [5.74, 6) is 0.700. The van der Waals surface area contributed by atoms with Crippen LogP contribution in [-0.4, -0.2) is 62.5 Å². The molecule has 0 bridgehead atoms. The SMILES string of the molecule is O=C(Nc1ccccc1)c1nnc2n1CC1CN(CC3CC3)CC1C2.O=C(O)C(F)(F)F. The van der Waals surface area contributed by atoms with Gasteiger partial charge in [-0.3, -0.25) is 4.79 Å². The molecule has 1 saturated heterocycles. The zero-order chi connectivity index (χ0) is 22.9. The fourth-order valence-corrected chi connectivity index (χ4v) is 4.31. The van der Waals surface area contributed by atoms with Gasteiger partial charge in [-0.15, -0.1) is 10.2 Å². The fourth-order valence-electron chi connectivity index (χ4n) is 4.31. The normalized spacial score (nSPS) is 22.3. The van der Waals surface area contributed by atoms with E-state index in [1.54, 1.807) is 0 Å². The largest absolute Gasteiger partial charge is 0.490 e. The van der Waals surface area contributed by atoms with Gasteiger partial charge in [-0.05, 0) is 42.7 Å². The van der Waals surface area contributed by atoms with Crippen LogP contribution in [0.3, 0.4) is 0 Å². The van der Waals surface area contributed by atoms with Gasteiger partial charge < -0.3 is 19.9 Å². The first kappa shape index (κ1) is 22.3. The minimum absolute atomic E-state index is 0.170. The van der Waals surface area contributed by atoms with Crippen molar-refractivity contribution in [1.29, 1.82) is 0 Å². The Morgan fingerprint density at radius 2 is 1.72 bits per heavy atom. The maximum absolute atomic E-state index is 12.6. The molecule has 1 aromatic heterocycles. The van der Waals surface area contributed by atoms with E-state index in [-0.39, 0.29) is 5.91 Å². The Balaban J connectivity index is 0.000000307. The summed E-state index contributed by atoms with van der Waals surface area (Å²) in [4.78, 5) is 24.1. The topological polar surface area (TPSA) is 100 Å². The van der Waals surface area contributed by atoms with Crippen molar-refractivity contribution in [2.45, 2.75) is 32.0 Å². The highest BCUT2D eigenvalue weighted by Gasteiger charge is 2.40. The van der Waals surface area contributed by atoms with Crippen LogP contribution >= 0.6 is 0 Å². The van der Waals surface area contributed by atoms with E-state index >= 15 is 0 Å². The Morgan fingerprint density at radius 3 is 2.34 bits per heavy atom. The molecule has 2 aliphatic heterocycles. The molecule has 11 heteroatoms. The number of halogens is 3. The van der Waals surface area contributed by atoms with Gasteiger partial charge in [0, 0.05) is 38.3 Å². The van der Waals surface area contributed by atoms with Crippen LogP contribution in [0.5, 0.6) is 0 Å². The number of benzene rings is 1. The molecule has 1 amide bonds. The summed E-state index contributed by atoms with van der Waals surface area (Å²) >= 11 is 0. The molecule has 3 heterocycles. The van der Waals surface area contributed by atoms with Crippen LogP contribution in [0.2, 0.25) is 0 Å². The predicted molar refractivity (Wildman–Crippen MR) is 108 cm³/mol. The van der Waals surface area contributed by atoms with Gasteiger partial charge in [0.15, 0.2) is 0 Å². The Bertz CT molecular complexity index is 975. The Labute approximate surface area is 182 Å². The van der Waals surface area contributed by atoms with Crippen molar-refractivity contribution in [1.82, 2.24) is 19.7 Å². The van der Waals surface area contributed by atoms with Crippen molar-refractivity contribution >= 4 is 17.6 Å². The quantitative estimate of drug-likeness (QED) is 0.742. The maximum atomic E-state index is 12.6. The van der Waals surface area contributed by atoms with Crippen LogP contribution in [0.15, 0.2) is 30.3 Å². The van der Waals surface area contributed by atoms with Crippen molar-refractivity contribution in [3.63, 3.8) is 0 Å². The van der Waals surface area contributed by atoms with E-state index in [0.29, 0.717) is 17.7 Å². The van der Waals surface area contributed by atoms with Gasteiger partial charge in [0.1, 0.15) is 5.82 Å². The number of carboxylic acid groups (broad SMARTS) is 1. The Hall–Kier alpha value is -2.95. The van der Waals surface area contributed by atoms with Crippen LogP contribution in [-0.2, 0) is 17.8 Å². The third-order valence-corrected chi connectivity index (χ3v) is 6.03. The van der Waals surface area contributed by atoms with Gasteiger partial charge in [0.25, 0.3) is 5.91 Å². The Kier molecular flexibility index (Phi) is 6.18. The van der Waals surface area contributed by atoms with E-state index in [4.69, 9.17) is 9.90 Å². The first-order valence-corrected chi connectivity index (χ1v) is 10.5. The lowest BCUT2D eigenvalue weighted by atomic mass is 9.89. The average molecular weight is 451 g/mol. The summed E-state index contributed by atoms with van der Waals surface area (Å²) in [5.41, 5.74) is 0.787. The van der Waals surface area contributed by atoms with Crippen LogP contribution in [0.4, 0.5) is 18.9 Å². The molecule has 32 heavy (non-hydrogen) atoms. The molecule has 1 saturated carbocycles. The predicted octanol–water partition coefficient (Wildman–Crippen LogP) is 2.68. The van der Waals surface area contributed by atoms with Crippen LogP contribution < -0.4 is 5.32 Å². The molecule has 172 valence electrons. The minimum atomic E-state index is -5.08. The van der Waals surface area contributed by atoms with Crippen molar-refractivity contribution in [2.24, 2.45) is 17.8 Å². The summed E-state index contributed by atoms with van der Waals surface area (Å²) < 4.78 is 33.8. The number of aliphatic carboxylic acids is 1. The highest BCUT2D eigenvalue weighted by molar-refractivity contribution is 6.01. The second-order valence-electron chi connectivity index (χ2n) is 8.56. The monoisotopic (exact) mass is 451 g/mol. The van der Waals surface area contributed by atoms with Crippen LogP contribution in [0, 0.1) is 17.8 Å². The number of carbonyl (C=O) groups excluding carboxylic acids is 1. The van der Waals surface area contributed by atoms with Gasteiger partial charge in [0.05, 0.1) is 0 Å². The number of nitrogens with one attached hydrogen (secondary N) is 1. The number of para-hydroxylation sites is 1. The second-order valence-corrected chi connectivity index (χ2v) is 8.56. The van der Waals surface area contributed by atoms with Gasteiger partial charge in [0.2, 0.25) is 5.82 Å². The number of hydrogen-bond acceptors (Lipinski definition) is 5. The first-order valence-electron chi connectivity index (χ1n) is 10.5. The molecule has 2 atom stereocenters. The van der Waals surface area contributed by atoms with Crippen molar-refractivity contribution in [3.8, 4) is 0 Å². The highest BCUT2D eigenvalue weighted by atomic mass is 19.4. The fraction of sp³-hybridized carbons (Fsp3) is 0.524. The number of fused-ring (bicyclic) bond motifs is 2. The number of rotatable bonds is 4. The summed E-state index contributed by atoms with van der Waals surface area (Å²) in [7, 11) is 0. The molecule has 0 radical (unpaired) electrons. The van der Waals surface area contributed by atoms with E-state index in [0.717, 1.165) is 36.9 Å². The number of hydrogen-bond donors (Lipinski definition) is 2. The number of anilines is 1. The van der Waals surface area contributed by atoms with Gasteiger partial charge in [-0.2, -0.15) is 13.2 Å². The molecular weight excluding hydrogens is 427 g/mol. The summed E-state index contributed by atoms with van der Waals surface area (Å²) in [6.07, 6.45) is -1.33. The first-order chi connectivity index (χ1) is 15.2. The lowest BCUT2D eigenvalue weighted by molar-refractivity contribution is -0.192. The number of carbonyl (C=O) groups is 2. The molecule has 2 fully saturated rings. The maximum Gasteiger partial charge on any atom is 0.490 e. The number of likely N-dealkylation sites (tertiary alicyclic amines) is 1. The number of carboxylic acids is 1. The number of amides is 1. The third-order valence-electron chi connectivity index (χ3n) is 6.03. The van der Waals surface area contributed by atoms with Crippen LogP contribution in [0.1, 0.15) is 29.3 Å². The lowest BCUT2D eigenvalue weighted by Gasteiger charge is -2.25. The van der Waals surface area contributed by atoms with E-state index in [1.165, 1.54) is 25.9 Å². The molecule has 1 aliphatic carbocycles. The molecule has 0 spiro atoms. The third kappa shape index (κ3) is 5.26. The highest BCUT2D eigenvalue weighted by Crippen LogP contribution is 2.36. The summed E-state index contributed by atoms with van der Waals surface area (Å²) in [6, 6.07) is 9.52. The zero-order valence-corrected chi connectivity index (χ0v) is 17.3.